The van der Waals surface area contributed by atoms with Crippen LogP contribution in [0.5, 0.6) is 0 Å². The molecule has 2 fully saturated rings. The summed E-state index contributed by atoms with van der Waals surface area (Å²) in [6.07, 6.45) is 5.17. The summed E-state index contributed by atoms with van der Waals surface area (Å²) in [6.45, 7) is 1.56. The number of nitrogens with zero attached hydrogens (tertiary/aromatic N) is 2. The van der Waals surface area contributed by atoms with E-state index in [0.717, 1.165) is 42.7 Å². The van der Waals surface area contributed by atoms with Gasteiger partial charge in [0.05, 0.1) is 5.75 Å². The first kappa shape index (κ1) is 20.5. The van der Waals surface area contributed by atoms with E-state index in [9.17, 15) is 13.2 Å². The molecule has 0 bridgehead atoms. The van der Waals surface area contributed by atoms with E-state index in [1.54, 1.807) is 13.0 Å². The number of pyridine rings is 1. The summed E-state index contributed by atoms with van der Waals surface area (Å²) in [4.78, 5) is 21.1. The van der Waals surface area contributed by atoms with Crippen LogP contribution in [0.3, 0.4) is 0 Å². The molecule has 1 aromatic carbocycles. The van der Waals surface area contributed by atoms with Gasteiger partial charge in [0, 0.05) is 28.7 Å². The predicted molar refractivity (Wildman–Crippen MR) is 116 cm³/mol. The minimum atomic E-state index is -3.45. The maximum atomic E-state index is 12.6. The lowest BCUT2D eigenvalue weighted by molar-refractivity contribution is -0.0253. The van der Waals surface area contributed by atoms with Gasteiger partial charge in [0.25, 0.3) is 5.91 Å². The van der Waals surface area contributed by atoms with E-state index in [-0.39, 0.29) is 28.1 Å². The molecule has 9 heteroatoms. The Morgan fingerprint density at radius 3 is 2.74 bits per heavy atom. The Hall–Kier alpha value is -2.45. The Kier molecular flexibility index (Phi) is 4.82. The molecular weight excluding hydrogens is 438 g/mol. The second-order valence-electron chi connectivity index (χ2n) is 8.63. The number of benzene rings is 1. The number of carbonyl (C=O) groups is 1. The molecule has 2 aliphatic carbocycles. The van der Waals surface area contributed by atoms with Gasteiger partial charge in [0.15, 0.2) is 26.3 Å². The summed E-state index contributed by atoms with van der Waals surface area (Å²) in [5.74, 6) is 0.744. The highest BCUT2D eigenvalue weighted by molar-refractivity contribution is 7.91. The zero-order chi connectivity index (χ0) is 21.8. The van der Waals surface area contributed by atoms with Crippen LogP contribution in [0.2, 0.25) is 5.02 Å². The highest BCUT2D eigenvalue weighted by Crippen LogP contribution is 2.61. The Bertz CT molecular complexity index is 1270. The number of sulfone groups is 1. The van der Waals surface area contributed by atoms with Crippen LogP contribution in [0, 0.1) is 5.41 Å². The molecule has 31 heavy (non-hydrogen) atoms. The molecule has 0 atom stereocenters. The van der Waals surface area contributed by atoms with Crippen LogP contribution in [0.4, 0.5) is 0 Å². The molecule has 2 saturated carbocycles. The van der Waals surface area contributed by atoms with Crippen molar-refractivity contribution < 1.29 is 17.6 Å². The molecule has 7 nitrogen and oxygen atoms in total. The highest BCUT2D eigenvalue weighted by atomic mass is 35.5. The molecule has 1 N–H and O–H groups in total. The summed E-state index contributed by atoms with van der Waals surface area (Å²) >= 11 is 6.02. The molecule has 2 aromatic heterocycles. The number of halogens is 1. The van der Waals surface area contributed by atoms with Gasteiger partial charge in [-0.1, -0.05) is 18.5 Å². The fraction of sp³-hybridized carbons (Fsp3) is 0.409. The second kappa shape index (κ2) is 7.31. The number of aromatic nitrogens is 2. The Labute approximate surface area is 185 Å². The molecule has 0 radical (unpaired) electrons. The molecule has 2 aliphatic rings. The van der Waals surface area contributed by atoms with Gasteiger partial charge in [-0.05, 0) is 61.4 Å². The highest BCUT2D eigenvalue weighted by Gasteiger charge is 2.54. The summed E-state index contributed by atoms with van der Waals surface area (Å²) in [7, 11) is -3.45. The van der Waals surface area contributed by atoms with Crippen LogP contribution in [-0.2, 0) is 9.84 Å². The second-order valence-corrected chi connectivity index (χ2v) is 11.3. The van der Waals surface area contributed by atoms with Gasteiger partial charge in [-0.2, -0.15) is 0 Å². The fourth-order valence-corrected chi connectivity index (χ4v) is 5.80. The summed E-state index contributed by atoms with van der Waals surface area (Å²) < 4.78 is 29.9. The van der Waals surface area contributed by atoms with Crippen molar-refractivity contribution in [1.82, 2.24) is 15.3 Å². The van der Waals surface area contributed by atoms with E-state index in [2.05, 4.69) is 15.3 Å². The van der Waals surface area contributed by atoms with Crippen LogP contribution >= 0.6 is 11.6 Å². The third-order valence-corrected chi connectivity index (χ3v) is 8.32. The van der Waals surface area contributed by atoms with E-state index in [1.165, 1.54) is 18.3 Å². The lowest BCUT2D eigenvalue weighted by Crippen LogP contribution is -2.55. The Morgan fingerprint density at radius 1 is 1.23 bits per heavy atom. The van der Waals surface area contributed by atoms with Gasteiger partial charge in [-0.25, -0.2) is 18.4 Å². The quantitative estimate of drug-likeness (QED) is 0.615. The topological polar surface area (TPSA) is 102 Å². The minimum absolute atomic E-state index is 0.0511. The molecule has 0 aliphatic heterocycles. The van der Waals surface area contributed by atoms with Gasteiger partial charge in [0.1, 0.15) is 5.52 Å². The summed E-state index contributed by atoms with van der Waals surface area (Å²) in [6, 6.07) is 8.43. The third-order valence-electron chi connectivity index (χ3n) is 6.46. The number of hydrogen-bond donors (Lipinski definition) is 1. The molecule has 1 amide bonds. The summed E-state index contributed by atoms with van der Waals surface area (Å²) in [5, 5.41) is 3.60. The smallest absolute Gasteiger partial charge is 0.251 e. The first-order valence-corrected chi connectivity index (χ1v) is 12.4. The molecule has 162 valence electrons. The van der Waals surface area contributed by atoms with Gasteiger partial charge < -0.3 is 9.73 Å². The van der Waals surface area contributed by atoms with Crippen LogP contribution in [0.1, 0.15) is 54.8 Å². The van der Waals surface area contributed by atoms with Gasteiger partial charge in [-0.3, -0.25) is 4.79 Å². The number of rotatable bonds is 5. The number of hydrogen-bond acceptors (Lipinski definition) is 6. The van der Waals surface area contributed by atoms with Crippen LogP contribution in [-0.4, -0.2) is 36.1 Å². The van der Waals surface area contributed by atoms with E-state index in [4.69, 9.17) is 16.0 Å². The average Bonchev–Trinajstić information content (AvgIpc) is 3.11. The molecule has 2 heterocycles. The van der Waals surface area contributed by atoms with Crippen LogP contribution < -0.4 is 5.32 Å². The number of fused-ring (bicyclic) bond motifs is 1. The SMILES string of the molecule is CCS(=O)(=O)c1cc(C(=O)NC2CC3(C2)CC(c2nc4cc(Cl)ccc4o2)C3)ccn1. The molecular formula is C22H22ClN3O4S. The molecule has 0 unspecified atom stereocenters. The van der Waals surface area contributed by atoms with Crippen LogP contribution in [0.15, 0.2) is 46.0 Å². The van der Waals surface area contributed by atoms with Crippen molar-refractivity contribution >= 4 is 38.4 Å². The predicted octanol–water partition coefficient (Wildman–Crippen LogP) is 4.13. The average molecular weight is 460 g/mol. The van der Waals surface area contributed by atoms with Crippen molar-refractivity contribution in [3.05, 3.63) is 53.0 Å². The third kappa shape index (κ3) is 3.72. The van der Waals surface area contributed by atoms with E-state index < -0.39 is 9.84 Å². The zero-order valence-electron chi connectivity index (χ0n) is 17.0. The van der Waals surface area contributed by atoms with Gasteiger partial charge >= 0.3 is 0 Å². The van der Waals surface area contributed by atoms with Crippen molar-refractivity contribution in [1.29, 1.82) is 0 Å². The fourth-order valence-electron chi connectivity index (χ4n) is 4.81. The van der Waals surface area contributed by atoms with Crippen molar-refractivity contribution in [3.8, 4) is 0 Å². The summed E-state index contributed by atoms with van der Waals surface area (Å²) in [5.41, 5.74) is 2.08. The molecule has 1 spiro atoms. The first-order valence-electron chi connectivity index (χ1n) is 10.3. The Balaban J connectivity index is 1.17. The molecule has 5 rings (SSSR count). The lowest BCUT2D eigenvalue weighted by Gasteiger charge is -2.57. The minimum Gasteiger partial charge on any atom is -0.440 e. The maximum absolute atomic E-state index is 12.6. The van der Waals surface area contributed by atoms with Gasteiger partial charge in [-0.15, -0.1) is 0 Å². The maximum Gasteiger partial charge on any atom is 0.251 e. The first-order chi connectivity index (χ1) is 14.8. The number of nitrogens with one attached hydrogen (secondary N) is 1. The van der Waals surface area contributed by atoms with E-state index in [1.807, 2.05) is 12.1 Å². The largest absolute Gasteiger partial charge is 0.440 e. The van der Waals surface area contributed by atoms with Crippen LogP contribution in [0.25, 0.3) is 11.1 Å². The van der Waals surface area contributed by atoms with Crippen molar-refractivity contribution in [2.24, 2.45) is 5.41 Å². The Morgan fingerprint density at radius 2 is 2.00 bits per heavy atom. The monoisotopic (exact) mass is 459 g/mol. The molecule has 0 saturated heterocycles. The number of oxazole rings is 1. The van der Waals surface area contributed by atoms with Crippen molar-refractivity contribution in [2.75, 3.05) is 5.75 Å². The zero-order valence-corrected chi connectivity index (χ0v) is 18.5. The number of amides is 1. The van der Waals surface area contributed by atoms with E-state index in [0.29, 0.717) is 16.5 Å². The standard InChI is InChI=1S/C22H22ClN3O4S/c1-2-31(28,29)19-7-13(5-6-24-19)20(27)25-16-11-22(12-16)9-14(10-22)21-26-17-8-15(23)3-4-18(17)30-21/h3-8,14,16H,2,9-12H2,1H3,(H,25,27). The normalized spacial score (nSPS) is 25.2. The van der Waals surface area contributed by atoms with E-state index >= 15 is 0 Å². The van der Waals surface area contributed by atoms with Crippen molar-refractivity contribution in [3.63, 3.8) is 0 Å². The molecule has 3 aromatic rings. The van der Waals surface area contributed by atoms with Crippen molar-refractivity contribution in [2.45, 2.75) is 49.6 Å². The van der Waals surface area contributed by atoms with Gasteiger partial charge in [0.2, 0.25) is 0 Å². The number of carbonyl (C=O) groups excluding carboxylic acids is 1. The lowest BCUT2D eigenvalue weighted by atomic mass is 9.50.